The molecule has 136 valence electrons. The van der Waals surface area contributed by atoms with Gasteiger partial charge >= 0.3 is 6.03 Å². The van der Waals surface area contributed by atoms with Crippen molar-refractivity contribution in [3.05, 3.63) is 59.8 Å². The van der Waals surface area contributed by atoms with E-state index in [9.17, 15) is 9.59 Å². The minimum absolute atomic E-state index is 0.00510. The van der Waals surface area contributed by atoms with Crippen LogP contribution in [0.25, 0.3) is 0 Å². The Morgan fingerprint density at radius 3 is 2.46 bits per heavy atom. The highest BCUT2D eigenvalue weighted by atomic mass is 16.2. The third-order valence-corrected chi connectivity index (χ3v) is 4.93. The van der Waals surface area contributed by atoms with E-state index in [1.54, 1.807) is 26.2 Å². The molecule has 26 heavy (non-hydrogen) atoms. The number of carbonyl (C=O) groups excluding carboxylic acids is 2. The van der Waals surface area contributed by atoms with Gasteiger partial charge in [-0.15, -0.1) is 0 Å². The smallest absolute Gasteiger partial charge is 0.320 e. The van der Waals surface area contributed by atoms with E-state index in [1.807, 2.05) is 18.2 Å². The Labute approximate surface area is 153 Å². The Hall–Kier alpha value is -2.89. The molecule has 1 aliphatic carbocycles. The fourth-order valence-corrected chi connectivity index (χ4v) is 3.37. The number of benzene rings is 1. The first-order valence-corrected chi connectivity index (χ1v) is 8.61. The molecule has 6 nitrogen and oxygen atoms in total. The lowest BCUT2D eigenvalue weighted by atomic mass is 10.0. The van der Waals surface area contributed by atoms with Gasteiger partial charge in [-0.1, -0.05) is 44.2 Å². The van der Waals surface area contributed by atoms with Crippen LogP contribution in [0.2, 0.25) is 0 Å². The number of nitrogens with one attached hydrogen (secondary N) is 2. The highest BCUT2D eigenvalue weighted by molar-refractivity contribution is 5.96. The minimum Gasteiger partial charge on any atom is -0.345 e. The molecular weight excluding hydrogens is 328 g/mol. The molecule has 0 bridgehead atoms. The topological polar surface area (TPSA) is 74.3 Å². The van der Waals surface area contributed by atoms with Crippen molar-refractivity contribution in [3.63, 3.8) is 0 Å². The van der Waals surface area contributed by atoms with E-state index >= 15 is 0 Å². The summed E-state index contributed by atoms with van der Waals surface area (Å²) in [7, 11) is 3.36. The molecule has 1 aliphatic rings. The zero-order chi connectivity index (χ0) is 18.9. The standard InChI is InChI=1S/C20H24N4O2/c1-20(2)16(13-8-6-5-7-9-13)17(20)23-19(26)22-15-12-14(10-11-21-15)18(25)24(3)4/h5-12,16-17H,1-4H3,(H2,21,22,23,26)/t16-,17-/m1/s1. The van der Waals surface area contributed by atoms with Crippen LogP contribution in [0.5, 0.6) is 0 Å². The molecule has 1 aromatic heterocycles. The first kappa shape index (κ1) is 17.9. The Morgan fingerprint density at radius 1 is 1.12 bits per heavy atom. The molecule has 2 atom stereocenters. The maximum Gasteiger partial charge on any atom is 0.320 e. The molecule has 0 unspecified atom stereocenters. The lowest BCUT2D eigenvalue weighted by molar-refractivity contribution is 0.0827. The molecule has 3 rings (SSSR count). The normalized spacial score (nSPS) is 20.2. The van der Waals surface area contributed by atoms with Gasteiger partial charge in [0.1, 0.15) is 5.82 Å². The number of anilines is 1. The van der Waals surface area contributed by atoms with Gasteiger partial charge in [0.05, 0.1) is 0 Å². The predicted molar refractivity (Wildman–Crippen MR) is 101 cm³/mol. The van der Waals surface area contributed by atoms with Gasteiger partial charge in [-0.2, -0.15) is 0 Å². The molecule has 0 aliphatic heterocycles. The van der Waals surface area contributed by atoms with Gasteiger partial charge < -0.3 is 10.2 Å². The summed E-state index contributed by atoms with van der Waals surface area (Å²) in [5, 5.41) is 5.75. The summed E-state index contributed by atoms with van der Waals surface area (Å²) < 4.78 is 0. The number of aromatic nitrogens is 1. The van der Waals surface area contributed by atoms with E-state index in [1.165, 1.54) is 16.7 Å². The minimum atomic E-state index is -0.316. The van der Waals surface area contributed by atoms with Crippen LogP contribution < -0.4 is 10.6 Å². The second-order valence-electron chi connectivity index (χ2n) is 7.42. The summed E-state index contributed by atoms with van der Waals surface area (Å²) in [6, 6.07) is 13.1. The molecule has 2 N–H and O–H groups in total. The Kier molecular flexibility index (Phi) is 4.68. The Balaban J connectivity index is 1.65. The van der Waals surface area contributed by atoms with Crippen LogP contribution in [0.4, 0.5) is 10.6 Å². The first-order valence-electron chi connectivity index (χ1n) is 8.61. The number of carbonyl (C=O) groups is 2. The third kappa shape index (κ3) is 3.54. The van der Waals surface area contributed by atoms with Crippen molar-refractivity contribution >= 4 is 17.8 Å². The molecule has 0 radical (unpaired) electrons. The van der Waals surface area contributed by atoms with Crippen molar-refractivity contribution < 1.29 is 9.59 Å². The molecule has 3 amide bonds. The highest BCUT2D eigenvalue weighted by Crippen LogP contribution is 2.58. The molecule has 2 aromatic rings. The van der Waals surface area contributed by atoms with Crippen molar-refractivity contribution in [1.29, 1.82) is 0 Å². The largest absolute Gasteiger partial charge is 0.345 e. The average Bonchev–Trinajstić information content (AvgIpc) is 3.15. The van der Waals surface area contributed by atoms with E-state index in [0.29, 0.717) is 11.4 Å². The maximum atomic E-state index is 12.4. The van der Waals surface area contributed by atoms with Crippen LogP contribution in [-0.4, -0.2) is 42.0 Å². The van der Waals surface area contributed by atoms with E-state index in [-0.39, 0.29) is 29.3 Å². The van der Waals surface area contributed by atoms with E-state index in [2.05, 4.69) is 41.6 Å². The van der Waals surface area contributed by atoms with Crippen LogP contribution >= 0.6 is 0 Å². The zero-order valence-electron chi connectivity index (χ0n) is 15.5. The monoisotopic (exact) mass is 352 g/mol. The maximum absolute atomic E-state index is 12.4. The van der Waals surface area contributed by atoms with Crippen LogP contribution in [0.15, 0.2) is 48.7 Å². The predicted octanol–water partition coefficient (Wildman–Crippen LogP) is 3.10. The number of rotatable bonds is 4. The summed E-state index contributed by atoms with van der Waals surface area (Å²) in [4.78, 5) is 30.0. The molecule has 0 spiro atoms. The summed E-state index contributed by atoms with van der Waals surface area (Å²) >= 11 is 0. The van der Waals surface area contributed by atoms with Crippen LogP contribution in [-0.2, 0) is 0 Å². The van der Waals surface area contributed by atoms with Crippen LogP contribution in [0, 0.1) is 5.41 Å². The molecule has 0 saturated heterocycles. The van der Waals surface area contributed by atoms with Crippen molar-refractivity contribution in [1.82, 2.24) is 15.2 Å². The van der Waals surface area contributed by atoms with Gasteiger partial charge in [0.2, 0.25) is 0 Å². The van der Waals surface area contributed by atoms with Gasteiger partial charge in [-0.05, 0) is 23.1 Å². The Bertz CT molecular complexity index is 818. The van der Waals surface area contributed by atoms with Gasteiger partial charge in [0.15, 0.2) is 0 Å². The second kappa shape index (κ2) is 6.78. The van der Waals surface area contributed by atoms with Crippen molar-refractivity contribution in [2.45, 2.75) is 25.8 Å². The number of urea groups is 1. The highest BCUT2D eigenvalue weighted by Gasteiger charge is 2.59. The second-order valence-corrected chi connectivity index (χ2v) is 7.42. The Morgan fingerprint density at radius 2 is 1.81 bits per heavy atom. The average molecular weight is 352 g/mol. The van der Waals surface area contributed by atoms with Crippen molar-refractivity contribution in [2.75, 3.05) is 19.4 Å². The van der Waals surface area contributed by atoms with E-state index in [0.717, 1.165) is 0 Å². The number of hydrogen-bond acceptors (Lipinski definition) is 3. The third-order valence-electron chi connectivity index (χ3n) is 4.93. The quantitative estimate of drug-likeness (QED) is 0.888. The zero-order valence-corrected chi connectivity index (χ0v) is 15.5. The number of amides is 3. The fourth-order valence-electron chi connectivity index (χ4n) is 3.37. The van der Waals surface area contributed by atoms with Gasteiger partial charge in [-0.25, -0.2) is 9.78 Å². The van der Waals surface area contributed by atoms with Gasteiger partial charge in [0, 0.05) is 37.8 Å². The van der Waals surface area contributed by atoms with E-state index in [4.69, 9.17) is 0 Å². The molecule has 1 saturated carbocycles. The van der Waals surface area contributed by atoms with Crippen LogP contribution in [0.3, 0.4) is 0 Å². The van der Waals surface area contributed by atoms with Crippen LogP contribution in [0.1, 0.15) is 35.7 Å². The van der Waals surface area contributed by atoms with Gasteiger partial charge in [0.25, 0.3) is 5.91 Å². The summed E-state index contributed by atoms with van der Waals surface area (Å²) in [5.41, 5.74) is 1.70. The lowest BCUT2D eigenvalue weighted by Gasteiger charge is -2.12. The number of pyridine rings is 1. The molecule has 6 heteroatoms. The van der Waals surface area contributed by atoms with Crippen molar-refractivity contribution in [3.8, 4) is 0 Å². The molecule has 1 aromatic carbocycles. The van der Waals surface area contributed by atoms with E-state index < -0.39 is 0 Å². The molecule has 1 fully saturated rings. The molecule has 1 heterocycles. The number of hydrogen-bond donors (Lipinski definition) is 2. The lowest BCUT2D eigenvalue weighted by Crippen LogP contribution is -2.33. The number of nitrogens with zero attached hydrogens (tertiary/aromatic N) is 2. The molecular formula is C20H24N4O2. The summed E-state index contributed by atoms with van der Waals surface area (Å²) in [6.07, 6.45) is 1.51. The first-order chi connectivity index (χ1) is 12.3. The van der Waals surface area contributed by atoms with Crippen molar-refractivity contribution in [2.24, 2.45) is 5.41 Å². The van der Waals surface area contributed by atoms with Gasteiger partial charge in [-0.3, -0.25) is 10.1 Å². The summed E-state index contributed by atoms with van der Waals surface area (Å²) in [5.74, 6) is 0.498. The SMILES string of the molecule is CN(C)C(=O)c1ccnc(NC(=O)N[C@@H]2[C@@H](c3ccccc3)C2(C)C)c1. The summed E-state index contributed by atoms with van der Waals surface area (Å²) in [6.45, 7) is 4.29. The fraction of sp³-hybridized carbons (Fsp3) is 0.350.